The topological polar surface area (TPSA) is 54.2 Å². The van der Waals surface area contributed by atoms with Gasteiger partial charge in [0, 0.05) is 32.9 Å². The van der Waals surface area contributed by atoms with Crippen molar-refractivity contribution in [3.05, 3.63) is 18.0 Å². The van der Waals surface area contributed by atoms with Gasteiger partial charge in [0.15, 0.2) is 5.96 Å². The zero-order chi connectivity index (χ0) is 16.3. The average molecular weight is 319 g/mol. The molecule has 1 aromatic heterocycles. The first-order valence-corrected chi connectivity index (χ1v) is 9.21. The summed E-state index contributed by atoms with van der Waals surface area (Å²) in [5, 5.41) is 11.1. The minimum Gasteiger partial charge on any atom is -0.356 e. The molecule has 1 heterocycles. The third-order valence-electron chi connectivity index (χ3n) is 4.65. The van der Waals surface area contributed by atoms with E-state index in [4.69, 9.17) is 0 Å². The minimum atomic E-state index is 0.917. The van der Waals surface area contributed by atoms with Gasteiger partial charge in [-0.2, -0.15) is 5.10 Å². The summed E-state index contributed by atoms with van der Waals surface area (Å²) in [4.78, 5) is 4.28. The van der Waals surface area contributed by atoms with E-state index >= 15 is 0 Å². The summed E-state index contributed by atoms with van der Waals surface area (Å²) in [6, 6.07) is 0. The molecule has 23 heavy (non-hydrogen) atoms. The van der Waals surface area contributed by atoms with Crippen molar-refractivity contribution in [3.63, 3.8) is 0 Å². The molecule has 1 aliphatic carbocycles. The van der Waals surface area contributed by atoms with Gasteiger partial charge in [0.2, 0.25) is 0 Å². The Morgan fingerprint density at radius 1 is 1.22 bits per heavy atom. The molecule has 0 radical (unpaired) electrons. The van der Waals surface area contributed by atoms with Crippen LogP contribution < -0.4 is 10.6 Å². The molecule has 1 fully saturated rings. The van der Waals surface area contributed by atoms with Crippen LogP contribution in [0.4, 0.5) is 0 Å². The smallest absolute Gasteiger partial charge is 0.190 e. The summed E-state index contributed by atoms with van der Waals surface area (Å²) in [5.41, 5.74) is 1.22. The molecule has 1 aliphatic rings. The van der Waals surface area contributed by atoms with Gasteiger partial charge in [-0.05, 0) is 31.2 Å². The van der Waals surface area contributed by atoms with Crippen molar-refractivity contribution < 1.29 is 0 Å². The predicted molar refractivity (Wildman–Crippen MR) is 96.8 cm³/mol. The largest absolute Gasteiger partial charge is 0.356 e. The van der Waals surface area contributed by atoms with E-state index in [1.165, 1.54) is 50.5 Å². The minimum absolute atomic E-state index is 0.917. The highest BCUT2D eigenvalue weighted by atomic mass is 15.3. The first kappa shape index (κ1) is 17.8. The molecule has 0 bridgehead atoms. The summed E-state index contributed by atoms with van der Waals surface area (Å²) < 4.78 is 2.00. The van der Waals surface area contributed by atoms with Crippen molar-refractivity contribution in [1.29, 1.82) is 0 Å². The number of rotatable bonds is 9. The fourth-order valence-corrected chi connectivity index (χ4v) is 3.32. The van der Waals surface area contributed by atoms with Crippen LogP contribution >= 0.6 is 0 Å². The van der Waals surface area contributed by atoms with Gasteiger partial charge in [0.1, 0.15) is 0 Å². The Morgan fingerprint density at radius 3 is 2.61 bits per heavy atom. The third kappa shape index (κ3) is 7.06. The molecule has 2 rings (SSSR count). The second-order valence-electron chi connectivity index (χ2n) is 6.71. The standard InChI is InChI=1S/C18H33N5/c1-16-14-22-23(15-16)13-7-12-21-18(19-2)20-11-6-5-10-17-8-3-4-9-17/h14-15,17H,3-13H2,1-2H3,(H2,19,20,21). The van der Waals surface area contributed by atoms with Crippen LogP contribution in [0.3, 0.4) is 0 Å². The normalized spacial score (nSPS) is 16.0. The molecule has 5 nitrogen and oxygen atoms in total. The molecule has 130 valence electrons. The number of guanidine groups is 1. The second-order valence-corrected chi connectivity index (χ2v) is 6.71. The van der Waals surface area contributed by atoms with E-state index in [1.54, 1.807) is 0 Å². The predicted octanol–water partition coefficient (Wildman–Crippen LogP) is 3.11. The maximum atomic E-state index is 4.30. The monoisotopic (exact) mass is 319 g/mol. The Morgan fingerprint density at radius 2 is 1.96 bits per heavy atom. The first-order valence-electron chi connectivity index (χ1n) is 9.21. The molecule has 0 aliphatic heterocycles. The highest BCUT2D eigenvalue weighted by Gasteiger charge is 2.13. The van der Waals surface area contributed by atoms with Gasteiger partial charge in [-0.15, -0.1) is 0 Å². The second kappa shape index (κ2) is 10.3. The summed E-state index contributed by atoms with van der Waals surface area (Å²) >= 11 is 0. The quantitative estimate of drug-likeness (QED) is 0.418. The van der Waals surface area contributed by atoms with Crippen LogP contribution in [0.1, 0.15) is 56.9 Å². The van der Waals surface area contributed by atoms with Gasteiger partial charge in [-0.25, -0.2) is 0 Å². The molecule has 0 amide bonds. The van der Waals surface area contributed by atoms with Crippen LogP contribution in [0.15, 0.2) is 17.4 Å². The maximum absolute atomic E-state index is 4.30. The van der Waals surface area contributed by atoms with Crippen molar-refractivity contribution in [3.8, 4) is 0 Å². The van der Waals surface area contributed by atoms with Gasteiger partial charge >= 0.3 is 0 Å². The number of aromatic nitrogens is 2. The van der Waals surface area contributed by atoms with Crippen LogP contribution in [0, 0.1) is 12.8 Å². The van der Waals surface area contributed by atoms with Gasteiger partial charge in [0.05, 0.1) is 6.20 Å². The van der Waals surface area contributed by atoms with E-state index in [2.05, 4.69) is 33.8 Å². The zero-order valence-electron chi connectivity index (χ0n) is 14.9. The Labute approximate surface area is 141 Å². The lowest BCUT2D eigenvalue weighted by molar-refractivity contribution is 0.472. The number of hydrogen-bond donors (Lipinski definition) is 2. The first-order chi connectivity index (χ1) is 11.3. The number of aliphatic imine (C=N–C) groups is 1. The molecule has 0 saturated heterocycles. The molecule has 0 spiro atoms. The molecule has 0 atom stereocenters. The lowest BCUT2D eigenvalue weighted by Crippen LogP contribution is -2.38. The third-order valence-corrected chi connectivity index (χ3v) is 4.65. The summed E-state index contributed by atoms with van der Waals surface area (Å²) in [6.45, 7) is 4.95. The highest BCUT2D eigenvalue weighted by molar-refractivity contribution is 5.79. The number of nitrogens with zero attached hydrogens (tertiary/aromatic N) is 3. The zero-order valence-corrected chi connectivity index (χ0v) is 14.9. The Bertz CT molecular complexity index is 460. The van der Waals surface area contributed by atoms with Crippen molar-refractivity contribution in [1.82, 2.24) is 20.4 Å². The van der Waals surface area contributed by atoms with E-state index in [1.807, 2.05) is 17.9 Å². The van der Waals surface area contributed by atoms with Crippen molar-refractivity contribution >= 4 is 5.96 Å². The molecule has 0 unspecified atom stereocenters. The maximum Gasteiger partial charge on any atom is 0.190 e. The van der Waals surface area contributed by atoms with Crippen LogP contribution in [0.2, 0.25) is 0 Å². The number of hydrogen-bond acceptors (Lipinski definition) is 2. The summed E-state index contributed by atoms with van der Waals surface area (Å²) in [6.07, 6.45) is 14.9. The molecule has 1 saturated carbocycles. The van der Waals surface area contributed by atoms with E-state index in [9.17, 15) is 0 Å². The van der Waals surface area contributed by atoms with Crippen molar-refractivity contribution in [2.75, 3.05) is 20.1 Å². The average Bonchev–Trinajstić information content (AvgIpc) is 3.20. The van der Waals surface area contributed by atoms with Crippen LogP contribution in [0.5, 0.6) is 0 Å². The number of aryl methyl sites for hydroxylation is 2. The summed E-state index contributed by atoms with van der Waals surface area (Å²) in [5.74, 6) is 1.93. The van der Waals surface area contributed by atoms with Crippen LogP contribution in [-0.4, -0.2) is 35.9 Å². The van der Waals surface area contributed by atoms with E-state index < -0.39 is 0 Å². The summed E-state index contributed by atoms with van der Waals surface area (Å²) in [7, 11) is 1.84. The highest BCUT2D eigenvalue weighted by Crippen LogP contribution is 2.28. The van der Waals surface area contributed by atoms with Gasteiger partial charge < -0.3 is 10.6 Å². The molecule has 2 N–H and O–H groups in total. The Balaban J connectivity index is 1.47. The fraction of sp³-hybridized carbons (Fsp3) is 0.778. The lowest BCUT2D eigenvalue weighted by atomic mass is 10.0. The van der Waals surface area contributed by atoms with Crippen LogP contribution in [0.25, 0.3) is 0 Å². The van der Waals surface area contributed by atoms with Crippen molar-refractivity contribution in [2.24, 2.45) is 10.9 Å². The van der Waals surface area contributed by atoms with E-state index in [-0.39, 0.29) is 0 Å². The Hall–Kier alpha value is -1.52. The molecule has 0 aromatic carbocycles. The van der Waals surface area contributed by atoms with Gasteiger partial charge in [0.25, 0.3) is 0 Å². The van der Waals surface area contributed by atoms with E-state index in [0.717, 1.165) is 37.9 Å². The molecule has 5 heteroatoms. The number of unbranched alkanes of at least 4 members (excludes halogenated alkanes) is 1. The SMILES string of the molecule is CN=C(NCCCCC1CCCC1)NCCCn1cc(C)cn1. The fourth-order valence-electron chi connectivity index (χ4n) is 3.32. The molecular formula is C18H33N5. The van der Waals surface area contributed by atoms with Gasteiger partial charge in [-0.1, -0.05) is 38.5 Å². The van der Waals surface area contributed by atoms with Crippen LogP contribution in [-0.2, 0) is 6.54 Å². The van der Waals surface area contributed by atoms with Crippen molar-refractivity contribution in [2.45, 2.75) is 64.8 Å². The van der Waals surface area contributed by atoms with E-state index in [0.29, 0.717) is 0 Å². The van der Waals surface area contributed by atoms with Gasteiger partial charge in [-0.3, -0.25) is 9.67 Å². The lowest BCUT2D eigenvalue weighted by Gasteiger charge is -2.12. The Kier molecular flexibility index (Phi) is 7.98. The molecular weight excluding hydrogens is 286 g/mol. The number of nitrogens with one attached hydrogen (secondary N) is 2. The molecule has 1 aromatic rings.